The molecule has 79 heavy (non-hydrogen) atoms. The molecule has 9 rings (SSSR count). The Balaban J connectivity index is 0.591. The molecule has 3 atom stereocenters. The van der Waals surface area contributed by atoms with Gasteiger partial charge in [0.2, 0.25) is 11.8 Å². The van der Waals surface area contributed by atoms with Crippen molar-refractivity contribution >= 4 is 40.0 Å². The molecule has 0 spiro atoms. The number of carbonyl (C=O) groups is 2. The third-order valence-electron chi connectivity index (χ3n) is 15.4. The van der Waals surface area contributed by atoms with Gasteiger partial charge in [0.25, 0.3) is 0 Å². The number of carbonyl (C=O) groups excluding carboxylic acids is 2. The largest absolute Gasteiger partial charge is 0.457 e. The van der Waals surface area contributed by atoms with Crippen molar-refractivity contribution in [3.8, 4) is 33.2 Å². The van der Waals surface area contributed by atoms with Gasteiger partial charge < -0.3 is 45.2 Å². The highest BCUT2D eigenvalue weighted by Gasteiger charge is 2.39. The topological polar surface area (TPSA) is 217 Å². The summed E-state index contributed by atoms with van der Waals surface area (Å²) in [5, 5.41) is 22.7. The van der Waals surface area contributed by atoms with Crippen LogP contribution in [-0.2, 0) is 35.1 Å². The first-order chi connectivity index (χ1) is 38.4. The highest BCUT2D eigenvalue weighted by molar-refractivity contribution is 7.13. The summed E-state index contributed by atoms with van der Waals surface area (Å²) in [5.74, 6) is 1.59. The molecule has 3 aromatic heterocycles. The molecule has 2 saturated heterocycles. The van der Waals surface area contributed by atoms with Crippen molar-refractivity contribution in [3.63, 3.8) is 0 Å². The Morgan fingerprint density at radius 3 is 2.10 bits per heavy atom. The zero-order valence-electron chi connectivity index (χ0n) is 46.3. The molecule has 6 aromatic rings. The molecule has 0 unspecified atom stereocenters. The van der Waals surface area contributed by atoms with Gasteiger partial charge >= 0.3 is 0 Å². The fraction of sp³-hybridized carbons (Fsp3) is 0.525. The quantitative estimate of drug-likeness (QED) is 0.0413. The molecule has 0 radical (unpaired) electrons. The number of aliphatic hydroxyl groups is 1. The van der Waals surface area contributed by atoms with Crippen molar-refractivity contribution in [1.29, 1.82) is 0 Å². The van der Waals surface area contributed by atoms with Gasteiger partial charge in [-0.2, -0.15) is 5.10 Å². The number of anilines is 1. The van der Waals surface area contributed by atoms with Crippen LogP contribution in [0, 0.1) is 12.3 Å². The van der Waals surface area contributed by atoms with E-state index in [4.69, 9.17) is 34.5 Å². The molecule has 19 nitrogen and oxygen atoms in total. The van der Waals surface area contributed by atoms with E-state index in [1.807, 2.05) is 96.2 Å². The lowest BCUT2D eigenvalue weighted by atomic mass is 9.86. The number of likely N-dealkylation sites (tertiary alicyclic amines) is 1. The highest BCUT2D eigenvalue weighted by atomic mass is 32.1. The number of thiazole rings is 1. The van der Waals surface area contributed by atoms with Gasteiger partial charge in [-0.1, -0.05) is 63.2 Å². The van der Waals surface area contributed by atoms with Crippen LogP contribution >= 0.6 is 11.3 Å². The Morgan fingerprint density at radius 1 is 0.785 bits per heavy atom. The predicted octanol–water partition coefficient (Wildman–Crippen LogP) is 6.75. The Kier molecular flexibility index (Phi) is 20.4. The molecule has 0 bridgehead atoms. The highest BCUT2D eigenvalue weighted by Crippen LogP contribution is 2.38. The van der Waals surface area contributed by atoms with Crippen LogP contribution in [0.15, 0.2) is 90.7 Å². The van der Waals surface area contributed by atoms with Gasteiger partial charge in [-0.15, -0.1) is 11.3 Å². The van der Waals surface area contributed by atoms with Gasteiger partial charge in [-0.05, 0) is 92.0 Å². The molecule has 2 aliphatic heterocycles. The summed E-state index contributed by atoms with van der Waals surface area (Å²) in [6.07, 6.45) is 5.51. The van der Waals surface area contributed by atoms with Crippen molar-refractivity contribution in [2.24, 2.45) is 5.41 Å². The average Bonchev–Trinajstić information content (AvgIpc) is 4.33. The fourth-order valence-corrected chi connectivity index (χ4v) is 11.6. The number of nitrogens with zero attached hydrogens (tertiary/aromatic N) is 8. The third-order valence-corrected chi connectivity index (χ3v) is 16.3. The first kappa shape index (κ1) is 57.7. The number of ether oxygens (including phenoxy) is 5. The van der Waals surface area contributed by atoms with E-state index in [1.165, 1.54) is 6.33 Å². The second kappa shape index (κ2) is 28.0. The normalized spacial score (nSPS) is 19.9. The number of aryl methyl sites for hydroxylation is 1. The molecule has 1 aliphatic carbocycles. The van der Waals surface area contributed by atoms with E-state index in [0.29, 0.717) is 77.6 Å². The Labute approximate surface area is 468 Å². The number of para-hydroxylation sites is 1. The number of nitrogen functional groups attached to an aromatic ring is 1. The SMILES string of the molecule is Cc1ncsc1-c1ccc(CNC(=O)[C@@H]2C[C@@H](O)CN2C[C@@H](NC(=O)COCCOCCOCCOCCN2CCN(C3CCC(n4nc(-c5ccc(Oc6ccccc6)cc5)c5c(N)ncnc54)CC3)CC2)C(C)(C)C)cc1. The second-order valence-corrected chi connectivity index (χ2v) is 22.8. The van der Waals surface area contributed by atoms with Crippen molar-refractivity contribution in [2.45, 2.75) is 96.6 Å². The predicted molar refractivity (Wildman–Crippen MR) is 306 cm³/mol. The number of nitrogens with one attached hydrogen (secondary N) is 2. The van der Waals surface area contributed by atoms with E-state index < -0.39 is 12.1 Å². The molecule has 1 saturated carbocycles. The van der Waals surface area contributed by atoms with Crippen molar-refractivity contribution in [3.05, 3.63) is 102 Å². The van der Waals surface area contributed by atoms with Crippen LogP contribution in [-0.4, -0.2) is 179 Å². The molecular weight excluding hydrogens is 1020 g/mol. The zero-order chi connectivity index (χ0) is 55.1. The first-order valence-corrected chi connectivity index (χ1v) is 28.8. The van der Waals surface area contributed by atoms with Crippen LogP contribution in [0.1, 0.15) is 70.2 Å². The third kappa shape index (κ3) is 15.9. The molecule has 2 amide bonds. The number of β-amino-alcohol motifs (C(OH)–C–C–N with tert-alkyl or cyclic N) is 1. The molecule has 3 fully saturated rings. The minimum Gasteiger partial charge on any atom is -0.457 e. The number of hydrogen-bond donors (Lipinski definition) is 4. The minimum absolute atomic E-state index is 0.112. The standard InChI is InChI=1S/C59H79N11O8S/c1-41-55(79-40-64-41)44-12-10-42(11-13-44)35-61-58(73)50-34-47(71)36-69(50)37-51(59(2,3)4)65-52(72)38-77-33-32-76-31-30-75-29-28-74-27-26-67-22-24-68(25-23-67)45-16-18-46(19-17-45)70-57-53(56(60)62-39-63-57)54(66-70)43-14-20-49(21-15-43)78-48-8-6-5-7-9-48/h5-15,20-21,39-40,45-47,50-51,71H,16-19,22-38H2,1-4H3,(H,61,73)(H,65,72)(H2,60,62,63)/t45?,46?,47-,50+,51-/m1/s1. The van der Waals surface area contributed by atoms with Gasteiger partial charge in [-0.3, -0.25) is 24.3 Å². The lowest BCUT2D eigenvalue weighted by molar-refractivity contribution is -0.128. The van der Waals surface area contributed by atoms with Gasteiger partial charge in [-0.25, -0.2) is 19.6 Å². The fourth-order valence-electron chi connectivity index (χ4n) is 10.8. The van der Waals surface area contributed by atoms with Crippen molar-refractivity contribution in [1.82, 2.24) is 50.1 Å². The molecule has 3 aromatic carbocycles. The summed E-state index contributed by atoms with van der Waals surface area (Å²) in [4.78, 5) is 48.1. The van der Waals surface area contributed by atoms with E-state index in [1.54, 1.807) is 11.3 Å². The maximum atomic E-state index is 13.4. The Hall–Kier alpha value is -5.94. The van der Waals surface area contributed by atoms with Crippen LogP contribution in [0.2, 0.25) is 0 Å². The average molecular weight is 1100 g/mol. The van der Waals surface area contributed by atoms with E-state index in [0.717, 1.165) is 114 Å². The van der Waals surface area contributed by atoms with Gasteiger partial charge in [0, 0.05) is 70.0 Å². The Bertz CT molecular complexity index is 2850. The number of hydrogen-bond acceptors (Lipinski definition) is 17. The van der Waals surface area contributed by atoms with E-state index in [9.17, 15) is 14.7 Å². The molecular formula is C59H79N11O8S. The number of piperazine rings is 1. The maximum absolute atomic E-state index is 13.4. The molecule has 424 valence electrons. The van der Waals surface area contributed by atoms with Crippen LogP contribution in [0.25, 0.3) is 32.7 Å². The summed E-state index contributed by atoms with van der Waals surface area (Å²) in [6, 6.07) is 25.8. The van der Waals surface area contributed by atoms with Gasteiger partial charge in [0.05, 0.1) is 85.9 Å². The molecule has 3 aliphatic rings. The van der Waals surface area contributed by atoms with Crippen molar-refractivity contribution in [2.75, 3.05) is 104 Å². The monoisotopic (exact) mass is 1100 g/mol. The number of rotatable bonds is 26. The van der Waals surface area contributed by atoms with Crippen LogP contribution < -0.4 is 21.1 Å². The van der Waals surface area contributed by atoms with Crippen LogP contribution in [0.5, 0.6) is 11.5 Å². The van der Waals surface area contributed by atoms with E-state index in [-0.39, 0.29) is 42.5 Å². The van der Waals surface area contributed by atoms with Crippen molar-refractivity contribution < 1.29 is 38.4 Å². The van der Waals surface area contributed by atoms with E-state index >= 15 is 0 Å². The first-order valence-electron chi connectivity index (χ1n) is 27.9. The van der Waals surface area contributed by atoms with Crippen LogP contribution in [0.3, 0.4) is 0 Å². The van der Waals surface area contributed by atoms with Gasteiger partial charge in [0.15, 0.2) is 5.65 Å². The smallest absolute Gasteiger partial charge is 0.246 e. The number of benzene rings is 3. The summed E-state index contributed by atoms with van der Waals surface area (Å²) < 4.78 is 31.1. The van der Waals surface area contributed by atoms with Gasteiger partial charge in [0.1, 0.15) is 35.9 Å². The number of aromatic nitrogens is 5. The lowest BCUT2D eigenvalue weighted by Gasteiger charge is -2.42. The number of nitrogens with two attached hydrogens (primary N) is 1. The number of amides is 2. The molecule has 5 heterocycles. The molecule has 5 N–H and O–H groups in total. The van der Waals surface area contributed by atoms with E-state index in [2.05, 4.69) is 60.8 Å². The zero-order valence-corrected chi connectivity index (χ0v) is 47.1. The summed E-state index contributed by atoms with van der Waals surface area (Å²) in [7, 11) is 0. The summed E-state index contributed by atoms with van der Waals surface area (Å²) >= 11 is 1.61. The summed E-state index contributed by atoms with van der Waals surface area (Å²) in [6.45, 7) is 17.4. The number of fused-ring (bicyclic) bond motifs is 1. The Morgan fingerprint density at radius 2 is 1.43 bits per heavy atom. The molecule has 20 heteroatoms. The second-order valence-electron chi connectivity index (χ2n) is 21.9. The van der Waals surface area contributed by atoms with Crippen LogP contribution in [0.4, 0.5) is 5.82 Å². The summed E-state index contributed by atoms with van der Waals surface area (Å²) in [5.41, 5.74) is 13.6. The maximum Gasteiger partial charge on any atom is 0.246 e. The minimum atomic E-state index is -0.630. The lowest BCUT2D eigenvalue weighted by Crippen LogP contribution is -2.54. The number of aliphatic hydroxyl groups excluding tert-OH is 1.